The van der Waals surface area contributed by atoms with Gasteiger partial charge in [0.25, 0.3) is 5.91 Å². The second kappa shape index (κ2) is 7.02. The average Bonchev–Trinajstić information content (AvgIpc) is 3.33. The summed E-state index contributed by atoms with van der Waals surface area (Å²) in [5.41, 5.74) is 1.88. The molecule has 27 heavy (non-hydrogen) atoms. The van der Waals surface area contributed by atoms with E-state index in [1.54, 1.807) is 6.07 Å². The summed E-state index contributed by atoms with van der Waals surface area (Å²) in [6, 6.07) is 10.3. The molecule has 4 rings (SSSR count). The number of carbonyl (C=O) groups excluding carboxylic acids is 2. The topological polar surface area (TPSA) is 117 Å². The average molecular weight is 366 g/mol. The Hall–Kier alpha value is -3.49. The van der Waals surface area contributed by atoms with Crippen LogP contribution in [0.25, 0.3) is 11.4 Å². The summed E-state index contributed by atoms with van der Waals surface area (Å²) < 4.78 is 5.31. The number of aryl methyl sites for hydroxylation is 1. The van der Waals surface area contributed by atoms with E-state index in [4.69, 9.17) is 4.52 Å². The number of aromatic nitrogens is 4. The summed E-state index contributed by atoms with van der Waals surface area (Å²) in [5.74, 6) is 0.192. The molecule has 1 atom stereocenters. The number of carbonyl (C=O) groups is 2. The van der Waals surface area contributed by atoms with Crippen LogP contribution in [0.4, 0.5) is 0 Å². The molecule has 0 spiro atoms. The van der Waals surface area contributed by atoms with Crippen LogP contribution in [0, 0.1) is 6.92 Å². The molecule has 3 heterocycles. The predicted octanol–water partition coefficient (Wildman–Crippen LogP) is 0.951. The maximum absolute atomic E-state index is 12.8. The van der Waals surface area contributed by atoms with Crippen LogP contribution < -0.4 is 5.32 Å². The Morgan fingerprint density at radius 2 is 2.15 bits per heavy atom. The van der Waals surface area contributed by atoms with Crippen molar-refractivity contribution < 1.29 is 14.1 Å². The minimum atomic E-state index is -0.729. The molecule has 1 fully saturated rings. The van der Waals surface area contributed by atoms with E-state index < -0.39 is 6.04 Å². The van der Waals surface area contributed by atoms with Crippen LogP contribution in [0.3, 0.4) is 0 Å². The lowest BCUT2D eigenvalue weighted by atomic mass is 10.1. The first kappa shape index (κ1) is 17.0. The lowest BCUT2D eigenvalue weighted by Crippen LogP contribution is -2.58. The molecule has 1 unspecified atom stereocenters. The molecule has 1 aromatic carbocycles. The molecule has 9 heteroatoms. The van der Waals surface area contributed by atoms with Crippen molar-refractivity contribution in [3.05, 3.63) is 53.7 Å². The number of benzene rings is 1. The highest BCUT2D eigenvalue weighted by Gasteiger charge is 2.35. The van der Waals surface area contributed by atoms with E-state index in [0.29, 0.717) is 24.8 Å². The Morgan fingerprint density at radius 1 is 1.33 bits per heavy atom. The van der Waals surface area contributed by atoms with Crippen LogP contribution in [0.15, 0.2) is 40.9 Å². The van der Waals surface area contributed by atoms with Crippen molar-refractivity contribution in [1.29, 1.82) is 0 Å². The standard InChI is InChI=1S/C18H18N6O3/c1-11-9-13(22-21-11)18(26)24-8-7-19-17(25)14(24)10-15-20-16(23-27-15)12-5-3-2-4-6-12/h2-6,9,14H,7-8,10H2,1H3,(H,19,25)(H,21,22). The minimum Gasteiger partial charge on any atom is -0.353 e. The zero-order valence-electron chi connectivity index (χ0n) is 14.7. The molecule has 0 bridgehead atoms. The predicted molar refractivity (Wildman–Crippen MR) is 94.6 cm³/mol. The Balaban J connectivity index is 1.56. The van der Waals surface area contributed by atoms with Crippen LogP contribution >= 0.6 is 0 Å². The summed E-state index contributed by atoms with van der Waals surface area (Å²) in [6.07, 6.45) is 0.140. The molecule has 2 amide bonds. The highest BCUT2D eigenvalue weighted by molar-refractivity contribution is 5.97. The highest BCUT2D eigenvalue weighted by Crippen LogP contribution is 2.18. The molecule has 1 aliphatic rings. The van der Waals surface area contributed by atoms with Gasteiger partial charge in [0.15, 0.2) is 0 Å². The van der Waals surface area contributed by atoms with E-state index >= 15 is 0 Å². The monoisotopic (exact) mass is 366 g/mol. The largest absolute Gasteiger partial charge is 0.353 e. The highest BCUT2D eigenvalue weighted by atomic mass is 16.5. The Labute approximate surface area is 154 Å². The minimum absolute atomic E-state index is 0.140. The Bertz CT molecular complexity index is 964. The molecule has 1 aliphatic heterocycles. The quantitative estimate of drug-likeness (QED) is 0.710. The Morgan fingerprint density at radius 3 is 2.89 bits per heavy atom. The van der Waals surface area contributed by atoms with E-state index in [2.05, 4.69) is 25.7 Å². The number of hydrogen-bond acceptors (Lipinski definition) is 6. The molecule has 9 nitrogen and oxygen atoms in total. The smallest absolute Gasteiger partial charge is 0.275 e. The van der Waals surface area contributed by atoms with Gasteiger partial charge in [-0.05, 0) is 13.0 Å². The van der Waals surface area contributed by atoms with Crippen molar-refractivity contribution in [2.75, 3.05) is 13.1 Å². The van der Waals surface area contributed by atoms with Gasteiger partial charge in [-0.25, -0.2) is 0 Å². The molecule has 3 aromatic rings. The van der Waals surface area contributed by atoms with Crippen LogP contribution in [-0.4, -0.2) is 56.2 Å². The van der Waals surface area contributed by atoms with Crippen molar-refractivity contribution in [2.45, 2.75) is 19.4 Å². The third-order valence-corrected chi connectivity index (χ3v) is 4.38. The fourth-order valence-electron chi connectivity index (χ4n) is 3.04. The molecule has 1 saturated heterocycles. The summed E-state index contributed by atoms with van der Waals surface area (Å²) in [4.78, 5) is 31.0. The number of H-pyrrole nitrogens is 1. The number of piperazine rings is 1. The zero-order chi connectivity index (χ0) is 18.8. The maximum atomic E-state index is 12.8. The molecule has 2 N–H and O–H groups in total. The van der Waals surface area contributed by atoms with Gasteiger partial charge in [0.05, 0.1) is 6.42 Å². The van der Waals surface area contributed by atoms with Gasteiger partial charge in [0, 0.05) is 24.3 Å². The number of aromatic amines is 1. The number of nitrogens with zero attached hydrogens (tertiary/aromatic N) is 4. The number of rotatable bonds is 4. The summed E-state index contributed by atoms with van der Waals surface area (Å²) in [5, 5.41) is 13.5. The fraction of sp³-hybridized carbons (Fsp3) is 0.278. The van der Waals surface area contributed by atoms with Crippen molar-refractivity contribution in [2.24, 2.45) is 0 Å². The van der Waals surface area contributed by atoms with Gasteiger partial charge in [0.2, 0.25) is 17.6 Å². The number of hydrogen-bond donors (Lipinski definition) is 2. The molecule has 0 saturated carbocycles. The van der Waals surface area contributed by atoms with E-state index in [0.717, 1.165) is 11.3 Å². The van der Waals surface area contributed by atoms with Crippen LogP contribution in [0.5, 0.6) is 0 Å². The number of nitrogens with one attached hydrogen (secondary N) is 2. The van der Waals surface area contributed by atoms with Crippen molar-refractivity contribution in [3.63, 3.8) is 0 Å². The summed E-state index contributed by atoms with van der Waals surface area (Å²) in [6.45, 7) is 2.60. The van der Waals surface area contributed by atoms with Gasteiger partial charge in [-0.1, -0.05) is 35.5 Å². The molecular weight excluding hydrogens is 348 g/mol. The Kier molecular flexibility index (Phi) is 4.41. The normalized spacial score (nSPS) is 17.0. The first-order valence-electron chi connectivity index (χ1n) is 8.60. The van der Waals surface area contributed by atoms with E-state index in [9.17, 15) is 9.59 Å². The summed E-state index contributed by atoms with van der Waals surface area (Å²) in [7, 11) is 0. The third-order valence-electron chi connectivity index (χ3n) is 4.38. The fourth-order valence-corrected chi connectivity index (χ4v) is 3.04. The van der Waals surface area contributed by atoms with Crippen molar-refractivity contribution >= 4 is 11.8 Å². The first-order chi connectivity index (χ1) is 13.1. The first-order valence-corrected chi connectivity index (χ1v) is 8.60. The molecule has 2 aromatic heterocycles. The lowest BCUT2D eigenvalue weighted by Gasteiger charge is -2.33. The van der Waals surface area contributed by atoms with Crippen molar-refractivity contribution in [1.82, 2.24) is 30.6 Å². The van der Waals surface area contributed by atoms with Crippen LogP contribution in [0.1, 0.15) is 22.1 Å². The molecule has 0 radical (unpaired) electrons. The molecule has 138 valence electrons. The second-order valence-corrected chi connectivity index (χ2v) is 6.32. The van der Waals surface area contributed by atoms with Gasteiger partial charge in [-0.15, -0.1) is 0 Å². The second-order valence-electron chi connectivity index (χ2n) is 6.32. The van der Waals surface area contributed by atoms with E-state index in [1.165, 1.54) is 4.90 Å². The van der Waals surface area contributed by atoms with Gasteiger partial charge in [0.1, 0.15) is 11.7 Å². The van der Waals surface area contributed by atoms with Gasteiger partial charge >= 0.3 is 0 Å². The molecule has 0 aliphatic carbocycles. The molecular formula is C18H18N6O3. The van der Waals surface area contributed by atoms with Crippen LogP contribution in [-0.2, 0) is 11.2 Å². The van der Waals surface area contributed by atoms with Crippen molar-refractivity contribution in [3.8, 4) is 11.4 Å². The van der Waals surface area contributed by atoms with E-state index in [-0.39, 0.29) is 23.9 Å². The van der Waals surface area contributed by atoms with E-state index in [1.807, 2.05) is 37.3 Å². The van der Waals surface area contributed by atoms with Gasteiger partial charge in [-0.2, -0.15) is 10.1 Å². The lowest BCUT2D eigenvalue weighted by molar-refractivity contribution is -0.128. The SMILES string of the molecule is Cc1cc(C(=O)N2CCNC(=O)C2Cc2nc(-c3ccccc3)no2)n[nH]1. The zero-order valence-corrected chi connectivity index (χ0v) is 14.7. The maximum Gasteiger partial charge on any atom is 0.275 e. The van der Waals surface area contributed by atoms with Gasteiger partial charge in [-0.3, -0.25) is 14.7 Å². The van der Waals surface area contributed by atoms with Crippen LogP contribution in [0.2, 0.25) is 0 Å². The summed E-state index contributed by atoms with van der Waals surface area (Å²) >= 11 is 0. The number of amides is 2. The van der Waals surface area contributed by atoms with Gasteiger partial charge < -0.3 is 14.7 Å². The third kappa shape index (κ3) is 3.43.